The first kappa shape index (κ1) is 14.1. The summed E-state index contributed by atoms with van der Waals surface area (Å²) in [5.74, 6) is -1.41. The highest BCUT2D eigenvalue weighted by Crippen LogP contribution is 2.25. The number of nitrogens with zero attached hydrogens (tertiary/aromatic N) is 1. The predicted octanol–water partition coefficient (Wildman–Crippen LogP) is 2.79. The summed E-state index contributed by atoms with van der Waals surface area (Å²) in [4.78, 5) is 22.9. The van der Waals surface area contributed by atoms with Crippen LogP contribution < -0.4 is 5.32 Å². The maximum atomic E-state index is 12.0. The quantitative estimate of drug-likeness (QED) is 0.910. The second kappa shape index (κ2) is 5.79. The Morgan fingerprint density at radius 3 is 2.70 bits per heavy atom. The molecule has 6 heteroatoms. The van der Waals surface area contributed by atoms with Gasteiger partial charge in [0.1, 0.15) is 12.2 Å². The SMILES string of the molecule is Cc1cccc(Cl)c1NC(=O)Cn1cccc1C(=O)O. The molecular formula is C14H13ClN2O3. The van der Waals surface area contributed by atoms with Crippen LogP contribution in [-0.2, 0) is 11.3 Å². The van der Waals surface area contributed by atoms with Crippen molar-refractivity contribution in [3.63, 3.8) is 0 Å². The van der Waals surface area contributed by atoms with Crippen LogP contribution in [-0.4, -0.2) is 21.6 Å². The molecule has 0 fully saturated rings. The molecule has 20 heavy (non-hydrogen) atoms. The molecular weight excluding hydrogens is 280 g/mol. The fourth-order valence-electron chi connectivity index (χ4n) is 1.87. The van der Waals surface area contributed by atoms with Gasteiger partial charge in [0.15, 0.2) is 0 Å². The second-order valence-electron chi connectivity index (χ2n) is 4.31. The number of aryl methyl sites for hydroxylation is 1. The second-order valence-corrected chi connectivity index (χ2v) is 4.71. The monoisotopic (exact) mass is 292 g/mol. The largest absolute Gasteiger partial charge is 0.477 e. The van der Waals surface area contributed by atoms with Crippen molar-refractivity contribution in [2.24, 2.45) is 0 Å². The molecule has 2 N–H and O–H groups in total. The number of hydrogen-bond donors (Lipinski definition) is 2. The van der Waals surface area contributed by atoms with Crippen molar-refractivity contribution < 1.29 is 14.7 Å². The Bertz CT molecular complexity index is 644. The molecule has 0 aliphatic carbocycles. The van der Waals surface area contributed by atoms with Gasteiger partial charge in [-0.05, 0) is 30.7 Å². The molecule has 0 spiro atoms. The standard InChI is InChI=1S/C14H13ClN2O3/c1-9-4-2-5-10(15)13(9)16-12(18)8-17-7-3-6-11(17)14(19)20/h2-7H,8H2,1H3,(H,16,18)(H,19,20). The number of amides is 1. The summed E-state index contributed by atoms with van der Waals surface area (Å²) in [7, 11) is 0. The Kier molecular flexibility index (Phi) is 4.10. The van der Waals surface area contributed by atoms with Crippen molar-refractivity contribution in [1.82, 2.24) is 4.57 Å². The van der Waals surface area contributed by atoms with Gasteiger partial charge < -0.3 is 15.0 Å². The molecule has 0 unspecified atom stereocenters. The molecule has 0 aliphatic rings. The van der Waals surface area contributed by atoms with Crippen LogP contribution >= 0.6 is 11.6 Å². The van der Waals surface area contributed by atoms with E-state index in [0.29, 0.717) is 10.7 Å². The zero-order valence-corrected chi connectivity index (χ0v) is 11.5. The van der Waals surface area contributed by atoms with Gasteiger partial charge in [-0.25, -0.2) is 4.79 Å². The minimum Gasteiger partial charge on any atom is -0.477 e. The zero-order valence-electron chi connectivity index (χ0n) is 10.8. The van der Waals surface area contributed by atoms with Gasteiger partial charge in [0.25, 0.3) is 0 Å². The molecule has 0 saturated heterocycles. The van der Waals surface area contributed by atoms with Crippen LogP contribution in [0.2, 0.25) is 5.02 Å². The summed E-state index contributed by atoms with van der Waals surface area (Å²) >= 11 is 6.02. The van der Waals surface area contributed by atoms with E-state index in [0.717, 1.165) is 5.56 Å². The Hall–Kier alpha value is -2.27. The fourth-order valence-corrected chi connectivity index (χ4v) is 2.14. The number of carboxylic acids is 1. The van der Waals surface area contributed by atoms with Crippen molar-refractivity contribution in [3.05, 3.63) is 52.8 Å². The Morgan fingerprint density at radius 2 is 2.05 bits per heavy atom. The molecule has 1 amide bonds. The number of carboxylic acid groups (broad SMARTS) is 1. The summed E-state index contributed by atoms with van der Waals surface area (Å²) in [6, 6.07) is 8.33. The topological polar surface area (TPSA) is 71.3 Å². The van der Waals surface area contributed by atoms with E-state index in [4.69, 9.17) is 16.7 Å². The summed E-state index contributed by atoms with van der Waals surface area (Å²) < 4.78 is 1.36. The fraction of sp³-hybridized carbons (Fsp3) is 0.143. The van der Waals surface area contributed by atoms with Gasteiger partial charge in [0.05, 0.1) is 10.7 Å². The minimum absolute atomic E-state index is 0.0658. The van der Waals surface area contributed by atoms with E-state index in [1.54, 1.807) is 24.4 Å². The number of anilines is 1. The van der Waals surface area contributed by atoms with Crippen molar-refractivity contribution in [1.29, 1.82) is 0 Å². The summed E-state index contributed by atoms with van der Waals surface area (Å²) in [6.07, 6.45) is 1.54. The number of halogens is 1. The van der Waals surface area contributed by atoms with Gasteiger partial charge in [0, 0.05) is 6.20 Å². The number of aromatic nitrogens is 1. The van der Waals surface area contributed by atoms with E-state index in [1.807, 2.05) is 13.0 Å². The first-order valence-electron chi connectivity index (χ1n) is 5.92. The Balaban J connectivity index is 2.14. The number of para-hydroxylation sites is 1. The average Bonchev–Trinajstić information content (AvgIpc) is 2.82. The lowest BCUT2D eigenvalue weighted by atomic mass is 10.2. The maximum Gasteiger partial charge on any atom is 0.352 e. The van der Waals surface area contributed by atoms with Crippen molar-refractivity contribution in [2.45, 2.75) is 13.5 Å². The van der Waals surface area contributed by atoms with E-state index in [-0.39, 0.29) is 18.1 Å². The van der Waals surface area contributed by atoms with E-state index < -0.39 is 5.97 Å². The van der Waals surface area contributed by atoms with Crippen LogP contribution in [0.25, 0.3) is 0 Å². The van der Waals surface area contributed by atoms with Crippen LogP contribution in [0.3, 0.4) is 0 Å². The molecule has 0 aliphatic heterocycles. The summed E-state index contributed by atoms with van der Waals surface area (Å²) in [5, 5.41) is 12.1. The highest BCUT2D eigenvalue weighted by Gasteiger charge is 2.13. The molecule has 0 bridgehead atoms. The number of carbonyl (C=O) groups excluding carboxylic acids is 1. The number of carbonyl (C=O) groups is 2. The third-order valence-corrected chi connectivity index (χ3v) is 3.16. The first-order valence-corrected chi connectivity index (χ1v) is 6.30. The summed E-state index contributed by atoms with van der Waals surface area (Å²) in [5.41, 5.74) is 1.45. The molecule has 5 nitrogen and oxygen atoms in total. The van der Waals surface area contributed by atoms with Crippen molar-refractivity contribution in [2.75, 3.05) is 5.32 Å². The number of benzene rings is 1. The van der Waals surface area contributed by atoms with E-state index in [2.05, 4.69) is 5.32 Å². The van der Waals surface area contributed by atoms with Gasteiger partial charge in [-0.15, -0.1) is 0 Å². The lowest BCUT2D eigenvalue weighted by molar-refractivity contribution is -0.116. The summed E-state index contributed by atoms with van der Waals surface area (Å²) in [6.45, 7) is 1.75. The van der Waals surface area contributed by atoms with Crippen LogP contribution in [0.5, 0.6) is 0 Å². The maximum absolute atomic E-state index is 12.0. The molecule has 1 aromatic carbocycles. The molecule has 0 saturated carbocycles. The van der Waals surface area contributed by atoms with E-state index in [1.165, 1.54) is 10.6 Å². The lowest BCUT2D eigenvalue weighted by Crippen LogP contribution is -2.21. The van der Waals surface area contributed by atoms with E-state index in [9.17, 15) is 9.59 Å². The molecule has 1 aromatic heterocycles. The molecule has 0 radical (unpaired) electrons. The van der Waals surface area contributed by atoms with Crippen LogP contribution in [0.15, 0.2) is 36.5 Å². The van der Waals surface area contributed by atoms with Crippen LogP contribution in [0.1, 0.15) is 16.1 Å². The van der Waals surface area contributed by atoms with Crippen molar-refractivity contribution >= 4 is 29.2 Å². The van der Waals surface area contributed by atoms with E-state index >= 15 is 0 Å². The highest BCUT2D eigenvalue weighted by molar-refractivity contribution is 6.33. The van der Waals surface area contributed by atoms with Gasteiger partial charge in [-0.2, -0.15) is 0 Å². The van der Waals surface area contributed by atoms with Gasteiger partial charge >= 0.3 is 5.97 Å². The average molecular weight is 293 g/mol. The molecule has 104 valence electrons. The van der Waals surface area contributed by atoms with Gasteiger partial charge in [0.2, 0.25) is 5.91 Å². The number of rotatable bonds is 4. The molecule has 2 rings (SSSR count). The molecule has 1 heterocycles. The van der Waals surface area contributed by atoms with Crippen molar-refractivity contribution in [3.8, 4) is 0 Å². The Morgan fingerprint density at radius 1 is 1.30 bits per heavy atom. The van der Waals surface area contributed by atoms with Crippen LogP contribution in [0.4, 0.5) is 5.69 Å². The van der Waals surface area contributed by atoms with Gasteiger partial charge in [-0.3, -0.25) is 4.79 Å². The third-order valence-electron chi connectivity index (χ3n) is 2.85. The predicted molar refractivity (Wildman–Crippen MR) is 76.2 cm³/mol. The highest BCUT2D eigenvalue weighted by atomic mass is 35.5. The lowest BCUT2D eigenvalue weighted by Gasteiger charge is -2.11. The smallest absolute Gasteiger partial charge is 0.352 e. The zero-order chi connectivity index (χ0) is 14.7. The molecule has 0 atom stereocenters. The molecule has 2 aromatic rings. The van der Waals surface area contributed by atoms with Gasteiger partial charge in [-0.1, -0.05) is 23.7 Å². The van der Waals surface area contributed by atoms with Crippen LogP contribution in [0, 0.1) is 6.92 Å². The Labute approximate surface area is 120 Å². The first-order chi connectivity index (χ1) is 9.49. The number of aromatic carboxylic acids is 1. The number of hydrogen-bond acceptors (Lipinski definition) is 2. The normalized spacial score (nSPS) is 10.3. The number of nitrogens with one attached hydrogen (secondary N) is 1. The minimum atomic E-state index is -1.07. The third kappa shape index (κ3) is 3.00.